The molecule has 1 aromatic carbocycles. The predicted molar refractivity (Wildman–Crippen MR) is 110 cm³/mol. The molecule has 0 spiro atoms. The topological polar surface area (TPSA) is 46.5 Å². The van der Waals surface area contributed by atoms with Gasteiger partial charge in [-0.15, -0.1) is 17.7 Å². The number of benzene rings is 1. The van der Waals surface area contributed by atoms with Crippen molar-refractivity contribution < 1.29 is 14.6 Å². The molecular formula is C23H22O3S. The van der Waals surface area contributed by atoms with Crippen molar-refractivity contribution in [3.8, 4) is 53.1 Å². The van der Waals surface area contributed by atoms with Crippen molar-refractivity contribution in [1.82, 2.24) is 0 Å². The van der Waals surface area contributed by atoms with Crippen molar-refractivity contribution in [1.29, 1.82) is 0 Å². The molecule has 0 radical (unpaired) electrons. The van der Waals surface area contributed by atoms with Crippen LogP contribution in [0.1, 0.15) is 38.5 Å². The average molecular weight is 378 g/mol. The molecule has 4 heteroatoms. The monoisotopic (exact) mass is 378 g/mol. The molecule has 1 N–H and O–H groups in total. The first-order valence-electron chi connectivity index (χ1n) is 8.54. The van der Waals surface area contributed by atoms with E-state index < -0.39 is 5.97 Å². The standard InChI is InChI=1S/C23H22O3S/c1-26-21-16-18-22(19-17-21)27-20-14-12-10-8-6-4-2-3-5-7-9-11-13-15-23(24)25/h16-19H,4-5,10-11,13,15,20H2,1H3,(H,24,25). The fourth-order valence-corrected chi connectivity index (χ4v) is 2.44. The van der Waals surface area contributed by atoms with E-state index in [1.807, 2.05) is 24.3 Å². The number of hydrogen-bond acceptors (Lipinski definition) is 3. The second-order valence-electron chi connectivity index (χ2n) is 5.16. The summed E-state index contributed by atoms with van der Waals surface area (Å²) in [6.07, 6.45) is 2.91. The van der Waals surface area contributed by atoms with Gasteiger partial charge in [-0.25, -0.2) is 0 Å². The number of aliphatic carboxylic acids is 1. The number of methoxy groups -OCH3 is 1. The smallest absolute Gasteiger partial charge is 0.303 e. The number of rotatable bonds is 6. The number of hydrogen-bond donors (Lipinski definition) is 1. The van der Waals surface area contributed by atoms with Crippen LogP contribution in [0, 0.1) is 47.4 Å². The molecule has 0 aliphatic rings. The summed E-state index contributed by atoms with van der Waals surface area (Å²) in [7, 11) is 1.65. The highest BCUT2D eigenvalue weighted by molar-refractivity contribution is 7.99. The SMILES string of the molecule is COc1ccc(SCC#CCC#CCC#CCC#CCCCC(=O)O)cc1. The molecule has 0 amide bonds. The second kappa shape index (κ2) is 15.3. The van der Waals surface area contributed by atoms with Crippen LogP contribution in [-0.2, 0) is 4.79 Å². The number of unbranched alkanes of at least 4 members (excludes halogenated alkanes) is 1. The van der Waals surface area contributed by atoms with Gasteiger partial charge in [0.2, 0.25) is 0 Å². The van der Waals surface area contributed by atoms with Crippen LogP contribution in [-0.4, -0.2) is 23.9 Å². The zero-order chi connectivity index (χ0) is 19.6. The Bertz CT molecular complexity index is 825. The first-order chi connectivity index (χ1) is 13.2. The van der Waals surface area contributed by atoms with E-state index in [1.54, 1.807) is 18.9 Å². The maximum Gasteiger partial charge on any atom is 0.303 e. The van der Waals surface area contributed by atoms with Crippen LogP contribution in [0.15, 0.2) is 29.2 Å². The summed E-state index contributed by atoms with van der Waals surface area (Å²) in [4.78, 5) is 11.5. The van der Waals surface area contributed by atoms with Crippen LogP contribution < -0.4 is 4.74 Å². The molecule has 0 bridgehead atoms. The molecule has 0 saturated carbocycles. The molecule has 138 valence electrons. The van der Waals surface area contributed by atoms with Crippen molar-refractivity contribution >= 4 is 17.7 Å². The summed E-state index contributed by atoms with van der Waals surface area (Å²) in [6.45, 7) is 0. The highest BCUT2D eigenvalue weighted by Gasteiger charge is 1.93. The lowest BCUT2D eigenvalue weighted by molar-refractivity contribution is -0.137. The third kappa shape index (κ3) is 13.0. The Hall–Kier alpha value is -2.92. The van der Waals surface area contributed by atoms with Gasteiger partial charge in [0.05, 0.1) is 32.1 Å². The molecule has 0 fully saturated rings. The average Bonchev–Trinajstić information content (AvgIpc) is 2.68. The molecule has 1 aromatic rings. The van der Waals surface area contributed by atoms with Crippen LogP contribution in [0.3, 0.4) is 0 Å². The molecule has 0 saturated heterocycles. The Morgan fingerprint density at radius 2 is 1.48 bits per heavy atom. The van der Waals surface area contributed by atoms with Gasteiger partial charge in [-0.2, -0.15) is 0 Å². The van der Waals surface area contributed by atoms with Gasteiger partial charge >= 0.3 is 5.97 Å². The lowest BCUT2D eigenvalue weighted by Gasteiger charge is -2.00. The molecule has 0 unspecified atom stereocenters. The second-order valence-corrected chi connectivity index (χ2v) is 6.20. The van der Waals surface area contributed by atoms with Crippen molar-refractivity contribution in [3.63, 3.8) is 0 Å². The zero-order valence-corrected chi connectivity index (χ0v) is 16.2. The van der Waals surface area contributed by atoms with E-state index >= 15 is 0 Å². The molecule has 27 heavy (non-hydrogen) atoms. The van der Waals surface area contributed by atoms with Crippen molar-refractivity contribution in [2.24, 2.45) is 0 Å². The molecule has 0 aliphatic carbocycles. The van der Waals surface area contributed by atoms with E-state index in [0.29, 0.717) is 32.1 Å². The van der Waals surface area contributed by atoms with Crippen molar-refractivity contribution in [2.75, 3.05) is 12.9 Å². The molecular weight excluding hydrogens is 356 g/mol. The van der Waals surface area contributed by atoms with E-state index in [-0.39, 0.29) is 6.42 Å². The Morgan fingerprint density at radius 3 is 2.04 bits per heavy atom. The van der Waals surface area contributed by atoms with E-state index in [0.717, 1.165) is 16.4 Å². The first-order valence-corrected chi connectivity index (χ1v) is 9.52. The maximum absolute atomic E-state index is 10.3. The Kier molecular flexibility index (Phi) is 12.6. The quantitative estimate of drug-likeness (QED) is 0.457. The van der Waals surface area contributed by atoms with E-state index in [1.165, 1.54) is 0 Å². The maximum atomic E-state index is 10.3. The minimum absolute atomic E-state index is 0.166. The van der Waals surface area contributed by atoms with Gasteiger partial charge in [0, 0.05) is 17.7 Å². The first kappa shape index (κ1) is 22.1. The Labute approximate surface area is 166 Å². The summed E-state index contributed by atoms with van der Waals surface area (Å²) >= 11 is 1.68. The number of thioether (sulfide) groups is 1. The summed E-state index contributed by atoms with van der Waals surface area (Å²) in [5.74, 6) is 24.6. The number of carboxylic acid groups (broad SMARTS) is 1. The molecule has 0 heterocycles. The van der Waals surface area contributed by atoms with Gasteiger partial charge in [0.15, 0.2) is 0 Å². The summed E-state index contributed by atoms with van der Waals surface area (Å²) in [5.41, 5.74) is 0. The molecule has 0 aromatic heterocycles. The molecule has 0 atom stereocenters. The highest BCUT2D eigenvalue weighted by Crippen LogP contribution is 2.20. The van der Waals surface area contributed by atoms with Crippen molar-refractivity contribution in [3.05, 3.63) is 24.3 Å². The third-order valence-corrected chi connectivity index (χ3v) is 3.99. The predicted octanol–water partition coefficient (Wildman–Crippen LogP) is 4.23. The zero-order valence-electron chi connectivity index (χ0n) is 15.4. The summed E-state index contributed by atoms with van der Waals surface area (Å²) < 4.78 is 5.12. The number of carboxylic acids is 1. The lowest BCUT2D eigenvalue weighted by atomic mass is 10.2. The van der Waals surface area contributed by atoms with Gasteiger partial charge in [-0.3, -0.25) is 4.79 Å². The Morgan fingerprint density at radius 1 is 0.926 bits per heavy atom. The van der Waals surface area contributed by atoms with Crippen LogP contribution in [0.4, 0.5) is 0 Å². The Balaban J connectivity index is 2.10. The van der Waals surface area contributed by atoms with Gasteiger partial charge in [-0.1, -0.05) is 41.4 Å². The van der Waals surface area contributed by atoms with E-state index in [2.05, 4.69) is 47.4 Å². The fraction of sp³-hybridized carbons (Fsp3) is 0.348. The summed E-state index contributed by atoms with van der Waals surface area (Å²) in [6, 6.07) is 7.91. The number of carbonyl (C=O) groups is 1. The van der Waals surface area contributed by atoms with Crippen LogP contribution in [0.5, 0.6) is 5.75 Å². The van der Waals surface area contributed by atoms with Crippen LogP contribution >= 0.6 is 11.8 Å². The minimum atomic E-state index is -0.782. The molecule has 1 rings (SSSR count). The third-order valence-electron chi connectivity index (χ3n) is 3.09. The van der Waals surface area contributed by atoms with E-state index in [9.17, 15) is 4.79 Å². The van der Waals surface area contributed by atoms with Gasteiger partial charge in [-0.05, 0) is 30.7 Å². The normalized spacial score (nSPS) is 8.48. The highest BCUT2D eigenvalue weighted by atomic mass is 32.2. The largest absolute Gasteiger partial charge is 0.497 e. The fourth-order valence-electron chi connectivity index (χ4n) is 1.77. The molecule has 0 aliphatic heterocycles. The van der Waals surface area contributed by atoms with E-state index in [4.69, 9.17) is 9.84 Å². The van der Waals surface area contributed by atoms with Crippen LogP contribution in [0.25, 0.3) is 0 Å². The number of ether oxygens (including phenoxy) is 1. The van der Waals surface area contributed by atoms with Crippen molar-refractivity contribution in [2.45, 2.75) is 43.4 Å². The lowest BCUT2D eigenvalue weighted by Crippen LogP contribution is -1.92. The van der Waals surface area contributed by atoms with Gasteiger partial charge in [0.25, 0.3) is 0 Å². The summed E-state index contributed by atoms with van der Waals surface area (Å²) in [5, 5.41) is 8.48. The van der Waals surface area contributed by atoms with Crippen LogP contribution in [0.2, 0.25) is 0 Å². The van der Waals surface area contributed by atoms with Gasteiger partial charge in [0.1, 0.15) is 5.75 Å². The van der Waals surface area contributed by atoms with Gasteiger partial charge < -0.3 is 9.84 Å². The minimum Gasteiger partial charge on any atom is -0.497 e. The molecule has 3 nitrogen and oxygen atoms in total.